The molecule has 0 saturated heterocycles. The topological polar surface area (TPSA) is 73.6 Å². The van der Waals surface area contributed by atoms with Crippen molar-refractivity contribution in [3.63, 3.8) is 0 Å². The Morgan fingerprint density at radius 2 is 2.07 bits per heavy atom. The van der Waals surface area contributed by atoms with E-state index in [0.29, 0.717) is 17.7 Å². The zero-order valence-electron chi connectivity index (χ0n) is 9.20. The normalized spacial score (nSPS) is 9.80. The monoisotopic (exact) mass is 205 g/mol. The molecule has 15 heavy (non-hydrogen) atoms. The molecule has 1 heterocycles. The summed E-state index contributed by atoms with van der Waals surface area (Å²) in [6.45, 7) is 6.15. The Morgan fingerprint density at radius 3 is 2.67 bits per heavy atom. The van der Waals surface area contributed by atoms with Crippen LogP contribution in [0.5, 0.6) is 0 Å². The first kappa shape index (κ1) is 11.2. The van der Waals surface area contributed by atoms with Crippen LogP contribution >= 0.6 is 0 Å². The first-order chi connectivity index (χ1) is 7.11. The molecule has 0 saturated carbocycles. The lowest BCUT2D eigenvalue weighted by molar-refractivity contribution is 0.881. The summed E-state index contributed by atoms with van der Waals surface area (Å²) < 4.78 is 0. The minimum absolute atomic E-state index is 0.248. The van der Waals surface area contributed by atoms with Crippen LogP contribution in [0.1, 0.15) is 19.7 Å². The van der Waals surface area contributed by atoms with Gasteiger partial charge in [-0.2, -0.15) is 5.26 Å². The number of rotatable bonds is 4. The Bertz CT molecular complexity index is 367. The van der Waals surface area contributed by atoms with E-state index in [1.165, 1.54) is 0 Å². The molecule has 1 aromatic rings. The van der Waals surface area contributed by atoms with Crippen LogP contribution in [0.25, 0.3) is 0 Å². The molecule has 2 N–H and O–H groups in total. The van der Waals surface area contributed by atoms with Gasteiger partial charge in [-0.05, 0) is 20.8 Å². The molecule has 0 unspecified atom stereocenters. The quantitative estimate of drug-likeness (QED) is 0.729. The van der Waals surface area contributed by atoms with Crippen molar-refractivity contribution in [2.45, 2.75) is 26.8 Å². The molecule has 0 bridgehead atoms. The average molecular weight is 205 g/mol. The van der Waals surface area contributed by atoms with Gasteiger partial charge in [0.05, 0.1) is 6.07 Å². The number of nitrogens with zero attached hydrogens (tertiary/aromatic N) is 3. The lowest BCUT2D eigenvalue weighted by Crippen LogP contribution is -2.13. The molecule has 0 spiro atoms. The van der Waals surface area contributed by atoms with Crippen LogP contribution in [-0.2, 0) is 0 Å². The van der Waals surface area contributed by atoms with Crippen molar-refractivity contribution < 1.29 is 0 Å². The minimum atomic E-state index is 0.248. The summed E-state index contributed by atoms with van der Waals surface area (Å²) in [7, 11) is 0. The van der Waals surface area contributed by atoms with Crippen LogP contribution in [0.4, 0.5) is 11.6 Å². The van der Waals surface area contributed by atoms with Gasteiger partial charge in [0.25, 0.3) is 0 Å². The van der Waals surface area contributed by atoms with E-state index in [-0.39, 0.29) is 6.54 Å². The Kier molecular flexibility index (Phi) is 3.86. The zero-order chi connectivity index (χ0) is 11.3. The van der Waals surface area contributed by atoms with Crippen molar-refractivity contribution >= 4 is 11.6 Å². The van der Waals surface area contributed by atoms with Gasteiger partial charge in [0.2, 0.25) is 0 Å². The van der Waals surface area contributed by atoms with E-state index < -0.39 is 0 Å². The van der Waals surface area contributed by atoms with Gasteiger partial charge in [0.1, 0.15) is 24.0 Å². The fourth-order valence-electron chi connectivity index (χ4n) is 1.16. The highest BCUT2D eigenvalue weighted by Gasteiger charge is 2.02. The molecule has 0 radical (unpaired) electrons. The lowest BCUT2D eigenvalue weighted by atomic mass is 10.4. The van der Waals surface area contributed by atoms with Gasteiger partial charge >= 0.3 is 0 Å². The van der Waals surface area contributed by atoms with E-state index in [4.69, 9.17) is 5.26 Å². The van der Waals surface area contributed by atoms with Crippen LogP contribution in [0.2, 0.25) is 0 Å². The van der Waals surface area contributed by atoms with E-state index in [0.717, 1.165) is 5.82 Å². The second-order valence-corrected chi connectivity index (χ2v) is 3.50. The predicted octanol–water partition coefficient (Wildman–Crippen LogP) is 1.54. The first-order valence-electron chi connectivity index (χ1n) is 4.85. The molecule has 80 valence electrons. The summed E-state index contributed by atoms with van der Waals surface area (Å²) in [5, 5.41) is 14.5. The minimum Gasteiger partial charge on any atom is -0.368 e. The molecule has 0 aliphatic rings. The number of nitrogens with one attached hydrogen (secondary N) is 2. The van der Waals surface area contributed by atoms with E-state index >= 15 is 0 Å². The van der Waals surface area contributed by atoms with E-state index in [2.05, 4.69) is 20.6 Å². The number of aromatic nitrogens is 2. The third-order valence-electron chi connectivity index (χ3n) is 1.62. The molecule has 0 amide bonds. The second kappa shape index (κ2) is 5.15. The maximum atomic E-state index is 8.44. The van der Waals surface area contributed by atoms with Gasteiger partial charge in [-0.15, -0.1) is 0 Å². The summed E-state index contributed by atoms with van der Waals surface area (Å²) in [6.07, 6.45) is 0. The summed E-state index contributed by atoms with van der Waals surface area (Å²) in [4.78, 5) is 8.40. The second-order valence-electron chi connectivity index (χ2n) is 3.50. The molecule has 0 aliphatic carbocycles. The van der Waals surface area contributed by atoms with Gasteiger partial charge in [-0.1, -0.05) is 0 Å². The molecule has 5 nitrogen and oxygen atoms in total. The first-order valence-corrected chi connectivity index (χ1v) is 4.85. The maximum absolute atomic E-state index is 8.44. The standard InChI is InChI=1S/C10H15N5/c1-7(2)13-10-6-9(12-5-4-11)14-8(3)15-10/h6-7H,5H2,1-3H3,(H2,12,13,14,15). The number of anilines is 2. The summed E-state index contributed by atoms with van der Waals surface area (Å²) in [6, 6.07) is 4.12. The highest BCUT2D eigenvalue weighted by molar-refractivity contribution is 5.48. The smallest absolute Gasteiger partial charge is 0.132 e. The van der Waals surface area contributed by atoms with Crippen LogP contribution in [-0.4, -0.2) is 22.6 Å². The molecule has 1 aromatic heterocycles. The maximum Gasteiger partial charge on any atom is 0.132 e. The Hall–Kier alpha value is -1.83. The van der Waals surface area contributed by atoms with Gasteiger partial charge in [-0.3, -0.25) is 0 Å². The fraction of sp³-hybridized carbons (Fsp3) is 0.500. The summed E-state index contributed by atoms with van der Waals surface area (Å²) in [5.74, 6) is 2.13. The zero-order valence-corrected chi connectivity index (χ0v) is 9.20. The van der Waals surface area contributed by atoms with Crippen molar-refractivity contribution in [3.8, 4) is 6.07 Å². The summed E-state index contributed by atoms with van der Waals surface area (Å²) in [5.41, 5.74) is 0. The molecule has 5 heteroatoms. The molecular formula is C10H15N5. The Morgan fingerprint density at radius 1 is 1.40 bits per heavy atom. The van der Waals surface area contributed by atoms with Crippen molar-refractivity contribution in [1.82, 2.24) is 9.97 Å². The van der Waals surface area contributed by atoms with Crippen LogP contribution < -0.4 is 10.6 Å². The van der Waals surface area contributed by atoms with Crippen LogP contribution in [0, 0.1) is 18.3 Å². The largest absolute Gasteiger partial charge is 0.368 e. The Balaban J connectivity index is 2.81. The number of nitriles is 1. The number of hydrogen-bond acceptors (Lipinski definition) is 5. The number of hydrogen-bond donors (Lipinski definition) is 2. The van der Waals surface area contributed by atoms with Crippen molar-refractivity contribution in [1.29, 1.82) is 5.26 Å². The molecule has 1 rings (SSSR count). The lowest BCUT2D eigenvalue weighted by Gasteiger charge is -2.10. The van der Waals surface area contributed by atoms with Crippen molar-refractivity contribution in [2.75, 3.05) is 17.2 Å². The summed E-state index contributed by atoms with van der Waals surface area (Å²) >= 11 is 0. The molecule has 0 aliphatic heterocycles. The van der Waals surface area contributed by atoms with Gasteiger partial charge in [-0.25, -0.2) is 9.97 Å². The molecule has 0 aromatic carbocycles. The van der Waals surface area contributed by atoms with Gasteiger partial charge in [0.15, 0.2) is 0 Å². The van der Waals surface area contributed by atoms with Crippen molar-refractivity contribution in [2.24, 2.45) is 0 Å². The molecule has 0 atom stereocenters. The third-order valence-corrected chi connectivity index (χ3v) is 1.62. The van der Waals surface area contributed by atoms with Crippen molar-refractivity contribution in [3.05, 3.63) is 11.9 Å². The van der Waals surface area contributed by atoms with Crippen LogP contribution in [0.15, 0.2) is 6.07 Å². The Labute approximate surface area is 89.6 Å². The van der Waals surface area contributed by atoms with Gasteiger partial charge in [0, 0.05) is 12.1 Å². The van der Waals surface area contributed by atoms with E-state index in [9.17, 15) is 0 Å². The average Bonchev–Trinajstić information content (AvgIpc) is 2.12. The fourth-order valence-corrected chi connectivity index (χ4v) is 1.16. The highest BCUT2D eigenvalue weighted by Crippen LogP contribution is 2.11. The SMILES string of the molecule is Cc1nc(NCC#N)cc(NC(C)C)n1. The van der Waals surface area contributed by atoms with E-state index in [1.807, 2.05) is 26.8 Å². The molecular weight excluding hydrogens is 190 g/mol. The molecule has 0 fully saturated rings. The third kappa shape index (κ3) is 3.81. The number of aryl methyl sites for hydroxylation is 1. The predicted molar refractivity (Wildman–Crippen MR) is 59.6 cm³/mol. The van der Waals surface area contributed by atoms with Crippen LogP contribution in [0.3, 0.4) is 0 Å². The van der Waals surface area contributed by atoms with Gasteiger partial charge < -0.3 is 10.6 Å². The van der Waals surface area contributed by atoms with E-state index in [1.54, 1.807) is 6.07 Å². The highest BCUT2D eigenvalue weighted by atomic mass is 15.1.